The lowest BCUT2D eigenvalue weighted by Crippen LogP contribution is -2.62. The summed E-state index contributed by atoms with van der Waals surface area (Å²) in [6, 6.07) is -0.319. The number of carbonyl (C=O) groups is 3. The largest absolute Gasteiger partial charge is 0.459 e. The molecule has 0 aliphatic carbocycles. The zero-order valence-electron chi connectivity index (χ0n) is 40.2. The van der Waals surface area contributed by atoms with Gasteiger partial charge in [0.15, 0.2) is 24.8 Å². The van der Waals surface area contributed by atoms with Crippen molar-refractivity contribution in [3.63, 3.8) is 0 Å². The molecule has 0 amide bonds. The van der Waals surface area contributed by atoms with Gasteiger partial charge in [-0.3, -0.25) is 14.4 Å². The average molecular weight is 889 g/mol. The molecular formula is C45H80N2O15. The minimum absolute atomic E-state index is 0.0136. The van der Waals surface area contributed by atoms with E-state index in [1.165, 1.54) is 27.9 Å². The molecule has 3 saturated heterocycles. The van der Waals surface area contributed by atoms with Crippen LogP contribution in [0.2, 0.25) is 0 Å². The van der Waals surface area contributed by atoms with Crippen LogP contribution in [0.15, 0.2) is 5.16 Å². The molecule has 0 unspecified atom stereocenters. The van der Waals surface area contributed by atoms with E-state index in [9.17, 15) is 29.7 Å². The normalized spacial score (nSPS) is 43.4. The van der Waals surface area contributed by atoms with Crippen LogP contribution in [0.25, 0.3) is 0 Å². The second-order valence-electron chi connectivity index (χ2n) is 18.9. The maximum atomic E-state index is 14.5. The highest BCUT2D eigenvalue weighted by atomic mass is 16.7. The van der Waals surface area contributed by atoms with E-state index in [1.54, 1.807) is 48.5 Å². The van der Waals surface area contributed by atoms with Gasteiger partial charge in [-0.1, -0.05) is 46.2 Å². The summed E-state index contributed by atoms with van der Waals surface area (Å²) in [5.41, 5.74) is -4.43. The molecule has 0 spiro atoms. The summed E-state index contributed by atoms with van der Waals surface area (Å²) in [5.74, 6) is -5.18. The molecule has 17 nitrogen and oxygen atoms in total. The summed E-state index contributed by atoms with van der Waals surface area (Å²) in [7, 11) is 5.25. The first-order chi connectivity index (χ1) is 28.8. The van der Waals surface area contributed by atoms with E-state index in [0.717, 1.165) is 12.8 Å². The first kappa shape index (κ1) is 53.9. The van der Waals surface area contributed by atoms with E-state index in [0.29, 0.717) is 18.7 Å². The smallest absolute Gasteiger partial charge is 0.311 e. The molecule has 17 heteroatoms. The van der Waals surface area contributed by atoms with Crippen LogP contribution in [0.4, 0.5) is 0 Å². The molecular weight excluding hydrogens is 808 g/mol. The number of cyclic esters (lactones) is 1. The van der Waals surface area contributed by atoms with Crippen LogP contribution in [-0.4, -0.2) is 156 Å². The van der Waals surface area contributed by atoms with Crippen molar-refractivity contribution in [3.8, 4) is 0 Å². The SMILES string of the molecule is CCCCO/N=C1/[C@H](C)C[C@](C)(O)[C@H](O[C@@H]2O[C@H](C)C[C@H](N(C)C)[C@H]2OC(C)=O)[C@@H](C)[C@H](O[C@H]2C[C@@](C)(OC)[C@@H](OC(C)=O)[C@H](C)O2)[C@@H](C)C(=O)O[C@H](CC)[C@@](C)(O)[C@H](O)[C@H]1C. The number of nitrogens with zero attached hydrogens (tertiary/aromatic N) is 2. The van der Waals surface area contributed by atoms with Gasteiger partial charge in [0.05, 0.1) is 53.8 Å². The number of esters is 3. The third-order valence-electron chi connectivity index (χ3n) is 13.1. The Hall–Kier alpha value is -2.48. The number of aliphatic hydroxyl groups excluding tert-OH is 1. The number of carbonyl (C=O) groups excluding carboxylic acids is 3. The predicted octanol–water partition coefficient (Wildman–Crippen LogP) is 4.53. The summed E-state index contributed by atoms with van der Waals surface area (Å²) in [6.07, 6.45) is -7.62. The molecule has 3 N–H and O–H groups in total. The van der Waals surface area contributed by atoms with Crippen LogP contribution in [0.3, 0.4) is 0 Å². The van der Waals surface area contributed by atoms with E-state index >= 15 is 0 Å². The molecule has 0 aromatic carbocycles. The van der Waals surface area contributed by atoms with Gasteiger partial charge in [0, 0.05) is 45.1 Å². The van der Waals surface area contributed by atoms with Gasteiger partial charge in [-0.15, -0.1) is 0 Å². The fourth-order valence-electron chi connectivity index (χ4n) is 9.61. The van der Waals surface area contributed by atoms with Crippen molar-refractivity contribution in [3.05, 3.63) is 0 Å². The zero-order chi connectivity index (χ0) is 47.1. The van der Waals surface area contributed by atoms with Gasteiger partial charge in [-0.05, 0) is 81.3 Å². The van der Waals surface area contributed by atoms with Crippen molar-refractivity contribution < 1.29 is 72.4 Å². The average Bonchev–Trinajstić information content (AvgIpc) is 3.17. The molecule has 0 aromatic rings. The van der Waals surface area contributed by atoms with E-state index in [4.69, 9.17) is 42.7 Å². The molecule has 3 heterocycles. The van der Waals surface area contributed by atoms with E-state index < -0.39 is 114 Å². The second-order valence-corrected chi connectivity index (χ2v) is 18.9. The molecule has 3 aliphatic heterocycles. The summed E-state index contributed by atoms with van der Waals surface area (Å²) < 4.78 is 50.2. The molecule has 0 aromatic heterocycles. The monoisotopic (exact) mass is 889 g/mol. The highest BCUT2D eigenvalue weighted by Crippen LogP contribution is 2.42. The number of hydrogen-bond donors (Lipinski definition) is 3. The molecule has 62 heavy (non-hydrogen) atoms. The van der Waals surface area contributed by atoms with Crippen molar-refractivity contribution in [2.75, 3.05) is 27.8 Å². The fourth-order valence-corrected chi connectivity index (χ4v) is 9.61. The highest BCUT2D eigenvalue weighted by Gasteiger charge is 2.54. The molecule has 360 valence electrons. The third-order valence-corrected chi connectivity index (χ3v) is 13.1. The van der Waals surface area contributed by atoms with Crippen LogP contribution >= 0.6 is 0 Å². The van der Waals surface area contributed by atoms with Gasteiger partial charge < -0.3 is 63.0 Å². The van der Waals surface area contributed by atoms with E-state index in [1.807, 2.05) is 39.8 Å². The number of unbranched alkanes of at least 4 members (excludes halogenated alkanes) is 1. The van der Waals surface area contributed by atoms with Crippen molar-refractivity contribution in [1.82, 2.24) is 4.90 Å². The molecule has 18 atom stereocenters. The molecule has 0 radical (unpaired) electrons. The summed E-state index contributed by atoms with van der Waals surface area (Å²) in [6.45, 7) is 22.1. The number of hydrogen-bond acceptors (Lipinski definition) is 17. The number of methoxy groups -OCH3 is 1. The molecule has 0 bridgehead atoms. The molecule has 3 aliphatic rings. The van der Waals surface area contributed by atoms with Gasteiger partial charge in [0.1, 0.15) is 23.9 Å². The summed E-state index contributed by atoms with van der Waals surface area (Å²) in [5, 5.41) is 41.4. The van der Waals surface area contributed by atoms with E-state index in [-0.39, 0.29) is 31.4 Å². The topological polar surface area (TPSA) is 211 Å². The number of aliphatic hydroxyl groups is 3. The summed E-state index contributed by atoms with van der Waals surface area (Å²) >= 11 is 0. The van der Waals surface area contributed by atoms with Gasteiger partial charge in [-0.25, -0.2) is 0 Å². The van der Waals surface area contributed by atoms with Crippen LogP contribution in [-0.2, 0) is 57.1 Å². The Morgan fingerprint density at radius 1 is 0.887 bits per heavy atom. The number of oxime groups is 1. The van der Waals surface area contributed by atoms with Crippen LogP contribution < -0.4 is 0 Å². The zero-order valence-corrected chi connectivity index (χ0v) is 40.2. The second kappa shape index (κ2) is 22.6. The fraction of sp³-hybridized carbons (Fsp3) is 0.911. The van der Waals surface area contributed by atoms with Crippen molar-refractivity contribution in [1.29, 1.82) is 0 Å². The number of likely N-dealkylation sites (N-methyl/N-ethyl adjacent to an activating group) is 1. The maximum absolute atomic E-state index is 14.5. The molecule has 0 saturated carbocycles. The number of ether oxygens (including phenoxy) is 8. The highest BCUT2D eigenvalue weighted by molar-refractivity contribution is 5.88. The lowest BCUT2D eigenvalue weighted by Gasteiger charge is -2.49. The van der Waals surface area contributed by atoms with Gasteiger partial charge in [-0.2, -0.15) is 0 Å². The Morgan fingerprint density at radius 3 is 2.06 bits per heavy atom. The lowest BCUT2D eigenvalue weighted by molar-refractivity contribution is -0.319. The van der Waals surface area contributed by atoms with Crippen LogP contribution in [0, 0.1) is 23.7 Å². The minimum Gasteiger partial charge on any atom is -0.459 e. The Morgan fingerprint density at radius 2 is 1.52 bits per heavy atom. The van der Waals surface area contributed by atoms with Crippen molar-refractivity contribution in [2.45, 2.75) is 213 Å². The quantitative estimate of drug-likeness (QED) is 0.100. The predicted molar refractivity (Wildman–Crippen MR) is 229 cm³/mol. The minimum atomic E-state index is -1.95. The first-order valence-corrected chi connectivity index (χ1v) is 22.5. The van der Waals surface area contributed by atoms with Crippen LogP contribution in [0.1, 0.15) is 129 Å². The standard InChI is InChI=1S/C45H80N2O15/c1-17-19-20-55-46-35-24(3)22-43(11,52)39(62-42-37(58-30(9)48)32(47(14)15)21-25(4)56-42)27(6)36(28(7)41(51)60-33(18-2)45(13,53)38(50)26(35)5)61-34-23-44(12,54-16)40(29(8)57-34)59-31(10)49/h24-29,32-34,36-40,42,50,52-53H,17-23H2,1-16H3/b46-35-/t24-,25-,26+,27+,28-,29+,32+,33-,34+,36+,37-,38-,39-,40+,42+,43+,44-,45-/m1/s1. The van der Waals surface area contributed by atoms with E-state index in [2.05, 4.69) is 5.16 Å². The van der Waals surface area contributed by atoms with Crippen molar-refractivity contribution >= 4 is 23.6 Å². The Balaban J connectivity index is 2.30. The van der Waals surface area contributed by atoms with Gasteiger partial charge in [0.2, 0.25) is 0 Å². The Kier molecular flexibility index (Phi) is 19.6. The first-order valence-electron chi connectivity index (χ1n) is 22.5. The number of rotatable bonds is 13. The Labute approximate surface area is 369 Å². The molecule has 3 fully saturated rings. The molecule has 3 rings (SSSR count). The van der Waals surface area contributed by atoms with Gasteiger partial charge >= 0.3 is 17.9 Å². The summed E-state index contributed by atoms with van der Waals surface area (Å²) in [4.78, 5) is 47.0. The van der Waals surface area contributed by atoms with Crippen LogP contribution in [0.5, 0.6) is 0 Å². The third kappa shape index (κ3) is 13.1. The maximum Gasteiger partial charge on any atom is 0.311 e. The lowest BCUT2D eigenvalue weighted by atomic mass is 9.73. The Bertz CT molecular complexity index is 1490. The van der Waals surface area contributed by atoms with Gasteiger partial charge in [0.25, 0.3) is 0 Å². The van der Waals surface area contributed by atoms with Crippen molar-refractivity contribution in [2.24, 2.45) is 28.8 Å².